The van der Waals surface area contributed by atoms with Crippen LogP contribution >= 0.6 is 0 Å². The van der Waals surface area contributed by atoms with Gasteiger partial charge in [-0.2, -0.15) is 0 Å². The number of rotatable bonds is 24. The van der Waals surface area contributed by atoms with Gasteiger partial charge in [0.05, 0.1) is 19.1 Å². The number of carboxylic acids is 3. The number of carbonyl (C=O) groups is 10. The Morgan fingerprint density at radius 3 is 2.05 bits per heavy atom. The first-order valence-corrected chi connectivity index (χ1v) is 20.5. The third-order valence-corrected chi connectivity index (χ3v) is 10.0. The Morgan fingerprint density at radius 2 is 1.51 bits per heavy atom. The Bertz CT molecular complexity index is 1780. The van der Waals surface area contributed by atoms with Gasteiger partial charge in [0.15, 0.2) is 0 Å². The van der Waals surface area contributed by atoms with Crippen molar-refractivity contribution in [2.24, 2.45) is 11.8 Å². The number of aliphatic carboxylic acids is 3. The Kier molecular flexibility index (Phi) is 21.4. The first-order valence-electron chi connectivity index (χ1n) is 20.5. The van der Waals surface area contributed by atoms with Crippen molar-refractivity contribution in [3.05, 3.63) is 35.9 Å². The molecule has 23 nitrogen and oxygen atoms in total. The minimum Gasteiger partial charge on any atom is -0.481 e. The molecule has 0 spiro atoms. The predicted octanol–water partition coefficient (Wildman–Crippen LogP) is -0.188. The van der Waals surface area contributed by atoms with E-state index in [4.69, 9.17) is 9.84 Å². The van der Waals surface area contributed by atoms with Crippen molar-refractivity contribution in [2.45, 2.75) is 123 Å². The van der Waals surface area contributed by atoms with Gasteiger partial charge in [-0.05, 0) is 30.2 Å². The van der Waals surface area contributed by atoms with Crippen LogP contribution in [0.15, 0.2) is 30.3 Å². The third kappa shape index (κ3) is 16.8. The second kappa shape index (κ2) is 25.5. The first-order chi connectivity index (χ1) is 29.6. The number of likely N-dealkylation sites (tertiary alicyclic amines) is 1. The number of nitrogens with one attached hydrogen (secondary N) is 5. The summed E-state index contributed by atoms with van der Waals surface area (Å²) >= 11 is 0. The van der Waals surface area contributed by atoms with Crippen LogP contribution in [0, 0.1) is 11.8 Å². The Hall–Kier alpha value is -6.36. The van der Waals surface area contributed by atoms with Crippen LogP contribution in [0.2, 0.25) is 0 Å². The topological polar surface area (TPSA) is 331 Å². The van der Waals surface area contributed by atoms with Crippen molar-refractivity contribution in [1.82, 2.24) is 41.7 Å². The van der Waals surface area contributed by atoms with E-state index in [0.717, 1.165) is 17.5 Å². The van der Waals surface area contributed by atoms with Gasteiger partial charge < -0.3 is 46.2 Å². The fourth-order valence-electron chi connectivity index (χ4n) is 6.57. The summed E-state index contributed by atoms with van der Waals surface area (Å²) in [7, 11) is 0. The van der Waals surface area contributed by atoms with E-state index < -0.39 is 133 Å². The highest BCUT2D eigenvalue weighted by molar-refractivity contribution is 5.97. The summed E-state index contributed by atoms with van der Waals surface area (Å²) in [4.78, 5) is 129. The van der Waals surface area contributed by atoms with E-state index in [-0.39, 0.29) is 37.6 Å². The molecule has 1 aliphatic heterocycles. The lowest BCUT2D eigenvalue weighted by atomic mass is 9.95. The summed E-state index contributed by atoms with van der Waals surface area (Å²) in [6.07, 6.45) is -2.49. The fourth-order valence-corrected chi connectivity index (χ4v) is 6.57. The van der Waals surface area contributed by atoms with Crippen LogP contribution in [0.4, 0.5) is 4.79 Å². The Morgan fingerprint density at radius 1 is 0.857 bits per heavy atom. The standard InChI is InChI=1S/C40H60N8O15/c1-7-16-47(40(61)41-19-32(54)55)45-36(57)29-17-26(63-21-25-12-10-9-11-13-25)20-46(29)39(60)33(22(3)4)44-37(58)34(23(5)8-2)48(62)38(59)27(14-15-30(50)51)43-35(56)28(18-31(52)53)42-24(6)49/h9-13,22-23,26-29,33-34,62H,7-8,14-21H2,1-6H3,(H,41,61)(H,42,49)(H,43,56)(H,44,58)(H,45,57)(H,50,51)(H,52,53)(H,54,55)/t23-,26+,27+,28-,29-,33-,34-/m0/s1. The molecule has 0 saturated carbocycles. The van der Waals surface area contributed by atoms with Crippen molar-refractivity contribution >= 4 is 59.4 Å². The van der Waals surface area contributed by atoms with Crippen LogP contribution in [0.3, 0.4) is 0 Å². The summed E-state index contributed by atoms with van der Waals surface area (Å²) in [5.74, 6) is -11.7. The number of amides is 8. The molecule has 23 heteroatoms. The largest absolute Gasteiger partial charge is 0.481 e. The van der Waals surface area contributed by atoms with Gasteiger partial charge in [0.1, 0.15) is 36.8 Å². The van der Waals surface area contributed by atoms with Crippen molar-refractivity contribution < 1.29 is 73.2 Å². The summed E-state index contributed by atoms with van der Waals surface area (Å²) in [5, 5.41) is 49.0. The lowest BCUT2D eigenvalue weighted by Crippen LogP contribution is -2.62. The van der Waals surface area contributed by atoms with E-state index in [2.05, 4.69) is 26.7 Å². The molecule has 1 aliphatic rings. The molecule has 1 aromatic carbocycles. The number of benzene rings is 1. The molecule has 0 radical (unpaired) electrons. The zero-order chi connectivity index (χ0) is 47.6. The van der Waals surface area contributed by atoms with Crippen LogP contribution in [-0.4, -0.2) is 151 Å². The normalized spacial score (nSPS) is 16.9. The van der Waals surface area contributed by atoms with Crippen LogP contribution in [0.25, 0.3) is 0 Å². The zero-order valence-corrected chi connectivity index (χ0v) is 36.2. The Labute approximate surface area is 364 Å². The van der Waals surface area contributed by atoms with Crippen molar-refractivity contribution in [1.29, 1.82) is 0 Å². The molecule has 63 heavy (non-hydrogen) atoms. The SMILES string of the molecule is CCCN(NC(=O)[C@@H]1C[C@@H](OCc2ccccc2)CN1C(=O)[C@@H](NC(=O)[C@H]([C@@H](C)CC)N(O)C(=O)[C@@H](CCC(=O)O)NC(=O)[C@H](CC(=O)O)NC(C)=O)C(C)C)C(=O)NCC(=O)O. The van der Waals surface area contributed by atoms with Gasteiger partial charge in [-0.1, -0.05) is 71.4 Å². The number of hydrogen-bond acceptors (Lipinski definition) is 12. The molecule has 1 aromatic rings. The molecular formula is C40H60N8O15. The fraction of sp³-hybridized carbons (Fsp3) is 0.600. The smallest absolute Gasteiger partial charge is 0.336 e. The molecule has 7 atom stereocenters. The number of hydroxylamine groups is 2. The van der Waals surface area contributed by atoms with Gasteiger partial charge >= 0.3 is 23.9 Å². The maximum absolute atomic E-state index is 14.5. The van der Waals surface area contributed by atoms with E-state index in [1.807, 2.05) is 18.2 Å². The second-order valence-corrected chi connectivity index (χ2v) is 15.4. The van der Waals surface area contributed by atoms with Gasteiger partial charge in [0.2, 0.25) is 23.6 Å². The van der Waals surface area contributed by atoms with Crippen LogP contribution in [0.1, 0.15) is 85.6 Å². The first kappa shape index (κ1) is 52.8. The molecule has 0 aromatic heterocycles. The van der Waals surface area contributed by atoms with Crippen molar-refractivity contribution in [3.8, 4) is 0 Å². The molecule has 0 unspecified atom stereocenters. The number of ether oxygens (including phenoxy) is 1. The maximum Gasteiger partial charge on any atom is 0.336 e. The van der Waals surface area contributed by atoms with Gasteiger partial charge in [0, 0.05) is 32.9 Å². The molecule has 1 fully saturated rings. The van der Waals surface area contributed by atoms with Crippen LogP contribution in [0.5, 0.6) is 0 Å². The predicted molar refractivity (Wildman–Crippen MR) is 219 cm³/mol. The third-order valence-electron chi connectivity index (χ3n) is 10.0. The molecule has 1 saturated heterocycles. The molecule has 2 rings (SSSR count). The van der Waals surface area contributed by atoms with E-state index >= 15 is 0 Å². The van der Waals surface area contributed by atoms with Gasteiger partial charge in [0.25, 0.3) is 11.8 Å². The lowest BCUT2D eigenvalue weighted by Gasteiger charge is -2.35. The zero-order valence-electron chi connectivity index (χ0n) is 36.2. The average molecular weight is 893 g/mol. The van der Waals surface area contributed by atoms with Crippen LogP contribution < -0.4 is 26.7 Å². The van der Waals surface area contributed by atoms with E-state index in [0.29, 0.717) is 6.42 Å². The minimum absolute atomic E-state index is 0.0139. The molecule has 0 aliphatic carbocycles. The Balaban J connectivity index is 2.48. The van der Waals surface area contributed by atoms with Gasteiger partial charge in [-0.3, -0.25) is 53.8 Å². The summed E-state index contributed by atoms with van der Waals surface area (Å²) in [5.41, 5.74) is 3.27. The van der Waals surface area contributed by atoms with Crippen LogP contribution in [-0.2, 0) is 54.5 Å². The number of urea groups is 1. The number of carbonyl (C=O) groups excluding carboxylic acids is 7. The summed E-state index contributed by atoms with van der Waals surface area (Å²) < 4.78 is 6.10. The molecule has 1 heterocycles. The highest BCUT2D eigenvalue weighted by Gasteiger charge is 2.45. The molecule has 0 bridgehead atoms. The van der Waals surface area contributed by atoms with Gasteiger partial charge in [-0.25, -0.2) is 14.9 Å². The highest BCUT2D eigenvalue weighted by atomic mass is 16.5. The van der Waals surface area contributed by atoms with E-state index in [1.165, 1.54) is 11.8 Å². The number of hydrogen-bond donors (Lipinski definition) is 9. The number of carboxylic acid groups (broad SMARTS) is 3. The van der Waals surface area contributed by atoms with Crippen molar-refractivity contribution in [2.75, 3.05) is 19.6 Å². The molecule has 9 N–H and O–H groups in total. The summed E-state index contributed by atoms with van der Waals surface area (Å²) in [6.45, 7) is 8.26. The lowest BCUT2D eigenvalue weighted by molar-refractivity contribution is -0.187. The number of nitrogens with zero attached hydrogens (tertiary/aromatic N) is 3. The van der Waals surface area contributed by atoms with E-state index in [9.17, 15) is 63.4 Å². The van der Waals surface area contributed by atoms with Crippen molar-refractivity contribution in [3.63, 3.8) is 0 Å². The van der Waals surface area contributed by atoms with E-state index in [1.54, 1.807) is 39.8 Å². The molecule has 350 valence electrons. The minimum atomic E-state index is -1.83. The molecule has 8 amide bonds. The second-order valence-electron chi connectivity index (χ2n) is 15.4. The van der Waals surface area contributed by atoms with Gasteiger partial charge in [-0.15, -0.1) is 0 Å². The highest BCUT2D eigenvalue weighted by Crippen LogP contribution is 2.25. The average Bonchev–Trinajstić information content (AvgIpc) is 3.66. The quantitative estimate of drug-likeness (QED) is 0.0480. The summed E-state index contributed by atoms with van der Waals surface area (Å²) in [6, 6.07) is 0.194. The number of hydrazine groups is 1. The monoisotopic (exact) mass is 892 g/mol. The maximum atomic E-state index is 14.5. The molecular weight excluding hydrogens is 832 g/mol.